The van der Waals surface area contributed by atoms with E-state index in [4.69, 9.17) is 11.6 Å². The highest BCUT2D eigenvalue weighted by Gasteiger charge is 2.47. The lowest BCUT2D eigenvalue weighted by molar-refractivity contribution is -0.122. The van der Waals surface area contributed by atoms with Crippen molar-refractivity contribution in [1.29, 1.82) is 0 Å². The Hall–Kier alpha value is -2.06. The summed E-state index contributed by atoms with van der Waals surface area (Å²) >= 11 is 6.28. The summed E-state index contributed by atoms with van der Waals surface area (Å²) in [5, 5.41) is 0.692. The number of benzene rings is 2. The molecule has 0 saturated heterocycles. The van der Waals surface area contributed by atoms with E-state index in [-0.39, 0.29) is 5.91 Å². The Bertz CT molecular complexity index is 885. The fourth-order valence-corrected chi connectivity index (χ4v) is 4.40. The maximum absolute atomic E-state index is 13.3. The van der Waals surface area contributed by atoms with E-state index in [1.54, 1.807) is 0 Å². The standard InChI is InChI=1S/C22H22ClNO/c1-3-12-24-20-11-10-17(23)13-19(20)22(2,21(24)25)14-16-9-8-15-6-4-5-7-18(15)16/h4-7,9-11,13H,3,8,12,14H2,1-2H3. The van der Waals surface area contributed by atoms with Crippen molar-refractivity contribution in [2.75, 3.05) is 11.4 Å². The summed E-state index contributed by atoms with van der Waals surface area (Å²) in [5.74, 6) is 0.192. The lowest BCUT2D eigenvalue weighted by Gasteiger charge is -2.25. The SMILES string of the molecule is CCCN1C(=O)C(C)(CC2=CCc3ccccc32)c2cc(Cl)ccc21. The first-order valence-corrected chi connectivity index (χ1v) is 9.31. The molecule has 1 amide bonds. The van der Waals surface area contributed by atoms with Gasteiger partial charge in [0.1, 0.15) is 0 Å². The third-order valence-corrected chi connectivity index (χ3v) is 5.72. The Morgan fingerprint density at radius 3 is 2.80 bits per heavy atom. The number of hydrogen-bond acceptors (Lipinski definition) is 1. The minimum atomic E-state index is -0.557. The van der Waals surface area contributed by atoms with Crippen molar-refractivity contribution >= 4 is 28.8 Å². The van der Waals surface area contributed by atoms with Gasteiger partial charge in [-0.2, -0.15) is 0 Å². The zero-order valence-corrected chi connectivity index (χ0v) is 15.4. The molecule has 2 aromatic rings. The molecular weight excluding hydrogens is 330 g/mol. The van der Waals surface area contributed by atoms with Crippen molar-refractivity contribution in [2.24, 2.45) is 0 Å². The van der Waals surface area contributed by atoms with Crippen molar-refractivity contribution in [1.82, 2.24) is 0 Å². The first-order valence-electron chi connectivity index (χ1n) is 8.94. The van der Waals surface area contributed by atoms with Crippen molar-refractivity contribution < 1.29 is 4.79 Å². The second kappa shape index (κ2) is 6.03. The van der Waals surface area contributed by atoms with Gasteiger partial charge in [0, 0.05) is 17.3 Å². The topological polar surface area (TPSA) is 20.3 Å². The van der Waals surface area contributed by atoms with Crippen LogP contribution < -0.4 is 4.90 Å². The second-order valence-corrected chi connectivity index (χ2v) is 7.65. The Morgan fingerprint density at radius 1 is 1.20 bits per heavy atom. The maximum Gasteiger partial charge on any atom is 0.237 e. The van der Waals surface area contributed by atoms with Gasteiger partial charge in [-0.1, -0.05) is 48.9 Å². The summed E-state index contributed by atoms with van der Waals surface area (Å²) in [4.78, 5) is 15.3. The van der Waals surface area contributed by atoms with Gasteiger partial charge in [0.2, 0.25) is 5.91 Å². The van der Waals surface area contributed by atoms with Crippen molar-refractivity contribution in [3.63, 3.8) is 0 Å². The fraction of sp³-hybridized carbons (Fsp3) is 0.318. The number of fused-ring (bicyclic) bond motifs is 2. The highest BCUT2D eigenvalue weighted by Crippen LogP contribution is 2.48. The molecule has 1 unspecified atom stereocenters. The van der Waals surface area contributed by atoms with Gasteiger partial charge in [-0.25, -0.2) is 0 Å². The van der Waals surface area contributed by atoms with Crippen LogP contribution in [0.5, 0.6) is 0 Å². The molecule has 2 aliphatic rings. The molecular formula is C22H22ClNO. The Morgan fingerprint density at radius 2 is 2.00 bits per heavy atom. The average Bonchev–Trinajstić information content (AvgIpc) is 3.09. The number of hydrogen-bond donors (Lipinski definition) is 0. The van der Waals surface area contributed by atoms with Crippen LogP contribution in [0, 0.1) is 0 Å². The number of nitrogens with zero attached hydrogens (tertiary/aromatic N) is 1. The average molecular weight is 352 g/mol. The molecule has 128 valence electrons. The number of allylic oxidation sites excluding steroid dienone is 2. The summed E-state index contributed by atoms with van der Waals surface area (Å²) in [5.41, 5.74) is 5.43. The Balaban J connectivity index is 1.76. The summed E-state index contributed by atoms with van der Waals surface area (Å²) in [6, 6.07) is 14.3. The van der Waals surface area contributed by atoms with Gasteiger partial charge in [0.15, 0.2) is 0 Å². The normalized spacial score (nSPS) is 21.3. The summed E-state index contributed by atoms with van der Waals surface area (Å²) < 4.78 is 0. The number of amides is 1. The van der Waals surface area contributed by atoms with Gasteiger partial charge in [0.25, 0.3) is 0 Å². The van der Waals surface area contributed by atoms with E-state index in [9.17, 15) is 4.79 Å². The van der Waals surface area contributed by atoms with Crippen LogP contribution in [0.4, 0.5) is 5.69 Å². The van der Waals surface area contributed by atoms with E-state index in [2.05, 4.69) is 44.2 Å². The first kappa shape index (κ1) is 16.4. The molecule has 1 heterocycles. The summed E-state index contributed by atoms with van der Waals surface area (Å²) in [6.07, 6.45) is 4.89. The van der Waals surface area contributed by atoms with Crippen molar-refractivity contribution in [3.8, 4) is 0 Å². The molecule has 0 fully saturated rings. The molecule has 0 aromatic heterocycles. The van der Waals surface area contributed by atoms with Crippen LogP contribution in [0.2, 0.25) is 5.02 Å². The predicted octanol–water partition coefficient (Wildman–Crippen LogP) is 5.38. The van der Waals surface area contributed by atoms with Gasteiger partial charge >= 0.3 is 0 Å². The minimum Gasteiger partial charge on any atom is -0.311 e. The molecule has 4 rings (SSSR count). The van der Waals surface area contributed by atoms with Crippen LogP contribution in [-0.2, 0) is 16.6 Å². The molecule has 1 atom stereocenters. The van der Waals surface area contributed by atoms with Gasteiger partial charge in [0.05, 0.1) is 5.41 Å². The number of anilines is 1. The first-order chi connectivity index (χ1) is 12.0. The van der Waals surface area contributed by atoms with Crippen LogP contribution >= 0.6 is 11.6 Å². The van der Waals surface area contributed by atoms with E-state index in [0.717, 1.165) is 37.1 Å². The van der Waals surface area contributed by atoms with E-state index < -0.39 is 5.41 Å². The fourth-order valence-electron chi connectivity index (χ4n) is 4.23. The lowest BCUT2D eigenvalue weighted by Crippen LogP contribution is -2.38. The number of carbonyl (C=O) groups is 1. The quantitative estimate of drug-likeness (QED) is 0.723. The monoisotopic (exact) mass is 351 g/mol. The van der Waals surface area contributed by atoms with E-state index in [0.29, 0.717) is 5.02 Å². The molecule has 1 aliphatic heterocycles. The van der Waals surface area contributed by atoms with E-state index in [1.165, 1.54) is 16.7 Å². The van der Waals surface area contributed by atoms with E-state index >= 15 is 0 Å². The zero-order valence-electron chi connectivity index (χ0n) is 14.7. The molecule has 1 aliphatic carbocycles. The lowest BCUT2D eigenvalue weighted by atomic mass is 9.77. The molecule has 0 N–H and O–H groups in total. The molecule has 0 radical (unpaired) electrons. The Kier molecular flexibility index (Phi) is 3.96. The third-order valence-electron chi connectivity index (χ3n) is 5.48. The molecule has 0 saturated carbocycles. The largest absolute Gasteiger partial charge is 0.311 e. The highest BCUT2D eigenvalue weighted by molar-refractivity contribution is 6.31. The Labute approximate surface area is 154 Å². The minimum absolute atomic E-state index is 0.192. The van der Waals surface area contributed by atoms with Crippen LogP contribution in [-0.4, -0.2) is 12.5 Å². The highest BCUT2D eigenvalue weighted by atomic mass is 35.5. The third kappa shape index (κ3) is 2.51. The molecule has 0 bridgehead atoms. The van der Waals surface area contributed by atoms with Gasteiger partial charge in [-0.05, 0) is 66.6 Å². The second-order valence-electron chi connectivity index (χ2n) is 7.22. The summed E-state index contributed by atoms with van der Waals surface area (Å²) in [6.45, 7) is 4.93. The molecule has 0 spiro atoms. The van der Waals surface area contributed by atoms with Gasteiger partial charge in [-0.3, -0.25) is 4.79 Å². The van der Waals surface area contributed by atoms with Crippen LogP contribution in [0.25, 0.3) is 5.57 Å². The van der Waals surface area contributed by atoms with Gasteiger partial charge in [-0.15, -0.1) is 0 Å². The summed E-state index contributed by atoms with van der Waals surface area (Å²) in [7, 11) is 0. The molecule has 2 nitrogen and oxygen atoms in total. The maximum atomic E-state index is 13.3. The van der Waals surface area contributed by atoms with Crippen molar-refractivity contribution in [3.05, 3.63) is 70.3 Å². The van der Waals surface area contributed by atoms with Crippen molar-refractivity contribution in [2.45, 2.75) is 38.5 Å². The van der Waals surface area contributed by atoms with Crippen LogP contribution in [0.1, 0.15) is 43.4 Å². The smallest absolute Gasteiger partial charge is 0.237 e. The van der Waals surface area contributed by atoms with Gasteiger partial charge < -0.3 is 4.90 Å². The van der Waals surface area contributed by atoms with E-state index in [1.807, 2.05) is 23.1 Å². The number of halogens is 1. The van der Waals surface area contributed by atoms with Crippen LogP contribution in [0.15, 0.2) is 48.5 Å². The molecule has 3 heteroatoms. The number of rotatable bonds is 4. The zero-order chi connectivity index (χ0) is 17.6. The number of carbonyl (C=O) groups excluding carboxylic acids is 1. The molecule has 2 aromatic carbocycles. The predicted molar refractivity (Wildman–Crippen MR) is 104 cm³/mol. The van der Waals surface area contributed by atoms with Crippen LogP contribution in [0.3, 0.4) is 0 Å². The molecule has 25 heavy (non-hydrogen) atoms.